The predicted octanol–water partition coefficient (Wildman–Crippen LogP) is 5.05. The van der Waals surface area contributed by atoms with E-state index in [1.807, 2.05) is 33.2 Å². The molecule has 3 aromatic rings. The van der Waals surface area contributed by atoms with E-state index in [1.54, 1.807) is 33.5 Å². The highest BCUT2D eigenvalue weighted by atomic mass is 35.5. The van der Waals surface area contributed by atoms with E-state index in [1.165, 1.54) is 11.3 Å². The molecule has 10 heteroatoms. The Morgan fingerprint density at radius 3 is 2.39 bits per heavy atom. The van der Waals surface area contributed by atoms with E-state index in [2.05, 4.69) is 17.9 Å². The largest absolute Gasteiger partial charge is 0.309 e. The van der Waals surface area contributed by atoms with Crippen LogP contribution in [0.4, 0.5) is 5.13 Å². The summed E-state index contributed by atoms with van der Waals surface area (Å²) in [4.78, 5) is 22.4. The second-order valence-electron chi connectivity index (χ2n) is 9.69. The fourth-order valence-corrected chi connectivity index (χ4v) is 6.82. The van der Waals surface area contributed by atoms with Crippen LogP contribution >= 0.6 is 23.7 Å². The van der Waals surface area contributed by atoms with Gasteiger partial charge in [-0.05, 0) is 94.7 Å². The average molecular weight is 551 g/mol. The third-order valence-corrected chi connectivity index (χ3v) is 9.43. The Labute approximate surface area is 224 Å². The summed E-state index contributed by atoms with van der Waals surface area (Å²) in [6.07, 6.45) is 2.55. The Balaban J connectivity index is 0.00000361. The number of amides is 1. The highest BCUT2D eigenvalue weighted by Crippen LogP contribution is 2.31. The molecule has 0 spiro atoms. The molecular weight excluding hydrogens is 516 g/mol. The van der Waals surface area contributed by atoms with Gasteiger partial charge < -0.3 is 4.90 Å². The van der Waals surface area contributed by atoms with Crippen LogP contribution < -0.4 is 4.90 Å². The summed E-state index contributed by atoms with van der Waals surface area (Å²) in [5.74, 6) is 0.377. The minimum Gasteiger partial charge on any atom is -0.309 e. The molecular formula is C26H35ClN4O3S2. The number of thiazole rings is 1. The predicted molar refractivity (Wildman–Crippen MR) is 150 cm³/mol. The molecule has 1 amide bonds. The first-order chi connectivity index (χ1) is 16.6. The molecule has 7 nitrogen and oxygen atoms in total. The Morgan fingerprint density at radius 1 is 1.08 bits per heavy atom. The van der Waals surface area contributed by atoms with E-state index in [0.717, 1.165) is 41.6 Å². The standard InChI is InChI=1S/C26H34N4O3S2.ClH/c1-19-12-16-29(17-13-19)35(32,33)22-9-7-21(8-10-22)25(31)30(15-5-14-28(3)4)26-27-23-11-6-20(2)18-24(23)34-26;/h6-11,18-19H,5,12-17H2,1-4H3;1H. The van der Waals surface area contributed by atoms with Crippen molar-refractivity contribution >= 4 is 55.0 Å². The van der Waals surface area contributed by atoms with Gasteiger partial charge in [-0.3, -0.25) is 9.69 Å². The van der Waals surface area contributed by atoms with Crippen molar-refractivity contribution in [1.82, 2.24) is 14.2 Å². The van der Waals surface area contributed by atoms with Gasteiger partial charge in [-0.1, -0.05) is 24.3 Å². The Kier molecular flexibility index (Phi) is 9.51. The highest BCUT2D eigenvalue weighted by Gasteiger charge is 2.28. The number of hydrogen-bond donors (Lipinski definition) is 0. The van der Waals surface area contributed by atoms with Gasteiger partial charge in [0.2, 0.25) is 10.0 Å². The van der Waals surface area contributed by atoms with E-state index >= 15 is 0 Å². The minimum atomic E-state index is -3.55. The molecule has 1 aliphatic rings. The first-order valence-corrected chi connectivity index (χ1v) is 14.3. The van der Waals surface area contributed by atoms with Gasteiger partial charge in [0.1, 0.15) is 0 Å². The molecule has 0 saturated carbocycles. The summed E-state index contributed by atoms with van der Waals surface area (Å²) in [6.45, 7) is 6.66. The second-order valence-corrected chi connectivity index (χ2v) is 12.6. The van der Waals surface area contributed by atoms with Gasteiger partial charge in [0.25, 0.3) is 5.91 Å². The smallest absolute Gasteiger partial charge is 0.260 e. The molecule has 0 atom stereocenters. The number of sulfonamides is 1. The number of anilines is 1. The van der Waals surface area contributed by atoms with Crippen LogP contribution in [0.2, 0.25) is 0 Å². The van der Waals surface area contributed by atoms with Crippen LogP contribution in [0.1, 0.15) is 42.1 Å². The van der Waals surface area contributed by atoms with Crippen molar-refractivity contribution in [2.75, 3.05) is 45.2 Å². The number of halogens is 1. The Bertz CT molecular complexity index is 1280. The number of fused-ring (bicyclic) bond motifs is 1. The number of carbonyl (C=O) groups is 1. The molecule has 4 rings (SSSR count). The molecule has 0 aliphatic carbocycles. The van der Waals surface area contributed by atoms with E-state index in [0.29, 0.717) is 36.2 Å². The van der Waals surface area contributed by atoms with Crippen LogP contribution in [0.5, 0.6) is 0 Å². The number of hydrogen-bond acceptors (Lipinski definition) is 6. The molecule has 0 radical (unpaired) electrons. The van der Waals surface area contributed by atoms with Gasteiger partial charge in [0.15, 0.2) is 5.13 Å². The van der Waals surface area contributed by atoms with Crippen LogP contribution in [0, 0.1) is 12.8 Å². The normalized spacial score (nSPS) is 15.2. The first kappa shape index (κ1) is 28.5. The maximum atomic E-state index is 13.6. The zero-order valence-electron chi connectivity index (χ0n) is 21.3. The molecule has 0 N–H and O–H groups in total. The van der Waals surface area contributed by atoms with Crippen LogP contribution in [0.25, 0.3) is 10.2 Å². The summed E-state index contributed by atoms with van der Waals surface area (Å²) in [6, 6.07) is 12.4. The van der Waals surface area contributed by atoms with Crippen LogP contribution in [-0.4, -0.2) is 68.8 Å². The summed E-state index contributed by atoms with van der Waals surface area (Å²) in [5.41, 5.74) is 2.48. The molecule has 2 heterocycles. The Morgan fingerprint density at radius 2 is 1.75 bits per heavy atom. The quantitative estimate of drug-likeness (QED) is 0.392. The lowest BCUT2D eigenvalue weighted by molar-refractivity contribution is 0.0986. The lowest BCUT2D eigenvalue weighted by Gasteiger charge is -2.29. The monoisotopic (exact) mass is 550 g/mol. The second kappa shape index (κ2) is 12.0. The molecule has 1 saturated heterocycles. The fraction of sp³-hybridized carbons (Fsp3) is 0.462. The van der Waals surface area contributed by atoms with Crippen molar-refractivity contribution in [1.29, 1.82) is 0 Å². The van der Waals surface area contributed by atoms with Gasteiger partial charge in [-0.25, -0.2) is 13.4 Å². The number of aromatic nitrogens is 1. The minimum absolute atomic E-state index is 0. The average Bonchev–Trinajstić information content (AvgIpc) is 3.24. The van der Waals surface area contributed by atoms with Gasteiger partial charge in [-0.2, -0.15) is 4.31 Å². The molecule has 2 aromatic carbocycles. The third-order valence-electron chi connectivity index (χ3n) is 6.48. The van der Waals surface area contributed by atoms with Gasteiger partial charge in [-0.15, -0.1) is 12.4 Å². The van der Waals surface area contributed by atoms with Crippen molar-refractivity contribution in [2.24, 2.45) is 5.92 Å². The zero-order valence-corrected chi connectivity index (χ0v) is 23.8. The van der Waals surface area contributed by atoms with E-state index in [-0.39, 0.29) is 23.2 Å². The maximum absolute atomic E-state index is 13.6. The van der Waals surface area contributed by atoms with Crippen molar-refractivity contribution in [3.8, 4) is 0 Å². The van der Waals surface area contributed by atoms with Crippen molar-refractivity contribution < 1.29 is 13.2 Å². The van der Waals surface area contributed by atoms with E-state index in [9.17, 15) is 13.2 Å². The number of nitrogens with zero attached hydrogens (tertiary/aromatic N) is 4. The van der Waals surface area contributed by atoms with Gasteiger partial charge in [0, 0.05) is 25.2 Å². The number of carbonyl (C=O) groups excluding carboxylic acids is 1. The van der Waals surface area contributed by atoms with Gasteiger partial charge >= 0.3 is 0 Å². The number of aryl methyl sites for hydroxylation is 1. The molecule has 1 aliphatic heterocycles. The number of benzene rings is 2. The van der Waals surface area contributed by atoms with E-state index < -0.39 is 10.0 Å². The van der Waals surface area contributed by atoms with Crippen LogP contribution in [-0.2, 0) is 10.0 Å². The molecule has 0 bridgehead atoms. The number of rotatable bonds is 8. The summed E-state index contributed by atoms with van der Waals surface area (Å²) in [7, 11) is 0.465. The SMILES string of the molecule is Cc1ccc2nc(N(CCCN(C)C)C(=O)c3ccc(S(=O)(=O)N4CCC(C)CC4)cc3)sc2c1.Cl. The van der Waals surface area contributed by atoms with E-state index in [4.69, 9.17) is 4.98 Å². The molecule has 1 aromatic heterocycles. The third kappa shape index (κ3) is 6.44. The highest BCUT2D eigenvalue weighted by molar-refractivity contribution is 7.89. The maximum Gasteiger partial charge on any atom is 0.260 e. The summed E-state index contributed by atoms with van der Waals surface area (Å²) >= 11 is 1.51. The Hall–Kier alpha value is -2.04. The van der Waals surface area contributed by atoms with Crippen molar-refractivity contribution in [3.63, 3.8) is 0 Å². The molecule has 36 heavy (non-hydrogen) atoms. The lowest BCUT2D eigenvalue weighted by atomic mass is 10.0. The first-order valence-electron chi connectivity index (χ1n) is 12.1. The topological polar surface area (TPSA) is 73.8 Å². The van der Waals surface area contributed by atoms with Crippen molar-refractivity contribution in [2.45, 2.75) is 38.0 Å². The van der Waals surface area contributed by atoms with Crippen LogP contribution in [0.3, 0.4) is 0 Å². The molecule has 1 fully saturated rings. The van der Waals surface area contributed by atoms with Crippen molar-refractivity contribution in [3.05, 3.63) is 53.6 Å². The molecule has 0 unspecified atom stereocenters. The lowest BCUT2D eigenvalue weighted by Crippen LogP contribution is -2.38. The fourth-order valence-electron chi connectivity index (χ4n) is 4.26. The summed E-state index contributed by atoms with van der Waals surface area (Å²) < 4.78 is 28.8. The number of piperidine rings is 1. The molecule has 196 valence electrons. The zero-order chi connectivity index (χ0) is 25.2. The summed E-state index contributed by atoms with van der Waals surface area (Å²) in [5, 5.41) is 0.661. The van der Waals surface area contributed by atoms with Gasteiger partial charge in [0.05, 0.1) is 15.1 Å². The van der Waals surface area contributed by atoms with Crippen LogP contribution in [0.15, 0.2) is 47.4 Å².